The normalized spacial score (nSPS) is 10.9. The smallest absolute Gasteiger partial charge is 0.142 e. The number of rotatable bonds is 5. The van der Waals surface area contributed by atoms with Crippen molar-refractivity contribution in [2.75, 3.05) is 0 Å². The van der Waals surface area contributed by atoms with Crippen molar-refractivity contribution in [2.24, 2.45) is 5.16 Å². The van der Waals surface area contributed by atoms with Gasteiger partial charge in [-0.1, -0.05) is 18.5 Å². The third kappa shape index (κ3) is 4.54. The molecule has 0 atom stereocenters. The molecule has 0 amide bonds. The number of unbranched alkanes of at least 4 members (excludes halogenated alkanes) is 1. The van der Waals surface area contributed by atoms with Crippen LogP contribution in [0.1, 0.15) is 25.3 Å². The van der Waals surface area contributed by atoms with Gasteiger partial charge in [0, 0.05) is 12.3 Å². The number of oxime groups is 1. The lowest BCUT2D eigenvalue weighted by Crippen LogP contribution is -1.90. The fraction of sp³-hybridized carbons (Fsp3) is 0.364. The first-order chi connectivity index (χ1) is 7.22. The highest BCUT2D eigenvalue weighted by Crippen LogP contribution is 2.08. The second-order valence-corrected chi connectivity index (χ2v) is 3.13. The molecule has 0 fully saturated rings. The van der Waals surface area contributed by atoms with Crippen molar-refractivity contribution in [1.82, 2.24) is 0 Å². The molecule has 1 aromatic rings. The molecule has 4 heteroatoms. The lowest BCUT2D eigenvalue weighted by atomic mass is 10.2. The molecule has 0 spiro atoms. The van der Waals surface area contributed by atoms with Crippen molar-refractivity contribution in [2.45, 2.75) is 26.4 Å². The van der Waals surface area contributed by atoms with Crippen LogP contribution in [0.3, 0.4) is 0 Å². The van der Waals surface area contributed by atoms with E-state index in [1.807, 2.05) is 6.92 Å². The monoisotopic (exact) mass is 213 g/mol. The third-order valence-electron chi connectivity index (χ3n) is 1.72. The lowest BCUT2D eigenvalue weighted by molar-refractivity contribution is 0.131. The van der Waals surface area contributed by atoms with Crippen LogP contribution in [0.4, 0.5) is 8.78 Å². The Bertz CT molecular complexity index is 319. The molecule has 0 saturated heterocycles. The summed E-state index contributed by atoms with van der Waals surface area (Å²) in [5, 5.41) is 3.65. The summed E-state index contributed by atoms with van der Waals surface area (Å²) in [6.45, 7) is 2.10. The Kier molecular flexibility index (Phi) is 4.74. The van der Waals surface area contributed by atoms with Crippen LogP contribution >= 0.6 is 0 Å². The molecule has 15 heavy (non-hydrogen) atoms. The van der Waals surface area contributed by atoms with Crippen molar-refractivity contribution < 1.29 is 13.6 Å². The van der Waals surface area contributed by atoms with Crippen molar-refractivity contribution in [3.05, 3.63) is 35.4 Å². The molecule has 0 aliphatic carbocycles. The standard InChI is InChI=1S/C11H13F2NO/c1-2-3-4-14-15-8-9-5-10(12)7-11(13)6-9/h4-7H,2-3,8H2,1H3. The Morgan fingerprint density at radius 3 is 2.53 bits per heavy atom. The van der Waals surface area contributed by atoms with E-state index in [4.69, 9.17) is 4.84 Å². The first-order valence-electron chi connectivity index (χ1n) is 4.81. The number of hydrogen-bond acceptors (Lipinski definition) is 2. The van der Waals surface area contributed by atoms with Crippen LogP contribution in [-0.4, -0.2) is 6.21 Å². The van der Waals surface area contributed by atoms with Crippen LogP contribution in [0.15, 0.2) is 23.4 Å². The van der Waals surface area contributed by atoms with E-state index in [2.05, 4.69) is 5.16 Å². The van der Waals surface area contributed by atoms with E-state index >= 15 is 0 Å². The fourth-order valence-electron chi connectivity index (χ4n) is 1.04. The van der Waals surface area contributed by atoms with Crippen LogP contribution in [0.5, 0.6) is 0 Å². The molecular weight excluding hydrogens is 200 g/mol. The molecule has 1 aromatic carbocycles. The van der Waals surface area contributed by atoms with Gasteiger partial charge >= 0.3 is 0 Å². The highest BCUT2D eigenvalue weighted by molar-refractivity contribution is 5.55. The van der Waals surface area contributed by atoms with Crippen LogP contribution in [0, 0.1) is 11.6 Å². The Morgan fingerprint density at radius 1 is 1.27 bits per heavy atom. The Morgan fingerprint density at radius 2 is 1.93 bits per heavy atom. The van der Waals surface area contributed by atoms with Gasteiger partial charge in [-0.25, -0.2) is 8.78 Å². The second-order valence-electron chi connectivity index (χ2n) is 3.13. The summed E-state index contributed by atoms with van der Waals surface area (Å²) in [5.74, 6) is -1.21. The van der Waals surface area contributed by atoms with Gasteiger partial charge < -0.3 is 4.84 Å². The van der Waals surface area contributed by atoms with E-state index in [0.29, 0.717) is 5.56 Å². The van der Waals surface area contributed by atoms with Gasteiger partial charge in [0.2, 0.25) is 0 Å². The van der Waals surface area contributed by atoms with Gasteiger partial charge in [-0.2, -0.15) is 0 Å². The number of halogens is 2. The fourth-order valence-corrected chi connectivity index (χ4v) is 1.04. The molecule has 1 rings (SSSR count). The van der Waals surface area contributed by atoms with Crippen molar-refractivity contribution >= 4 is 6.21 Å². The van der Waals surface area contributed by atoms with Gasteiger partial charge in [-0.3, -0.25) is 0 Å². The number of hydrogen-bond donors (Lipinski definition) is 0. The first-order valence-corrected chi connectivity index (χ1v) is 4.81. The largest absolute Gasteiger partial charge is 0.391 e. The topological polar surface area (TPSA) is 21.6 Å². The van der Waals surface area contributed by atoms with E-state index in [0.717, 1.165) is 18.9 Å². The van der Waals surface area contributed by atoms with E-state index in [1.54, 1.807) is 6.21 Å². The minimum absolute atomic E-state index is 0.0783. The molecule has 0 radical (unpaired) electrons. The minimum Gasteiger partial charge on any atom is -0.391 e. The van der Waals surface area contributed by atoms with Crippen LogP contribution in [0.2, 0.25) is 0 Å². The Balaban J connectivity index is 2.43. The van der Waals surface area contributed by atoms with Crippen LogP contribution < -0.4 is 0 Å². The molecule has 0 bridgehead atoms. The summed E-state index contributed by atoms with van der Waals surface area (Å²) in [6.07, 6.45) is 3.45. The SMILES string of the molecule is CCCC=NOCc1cc(F)cc(F)c1. The maximum Gasteiger partial charge on any atom is 0.142 e. The van der Waals surface area contributed by atoms with E-state index in [-0.39, 0.29) is 6.61 Å². The molecule has 82 valence electrons. The first kappa shape index (κ1) is 11.6. The zero-order chi connectivity index (χ0) is 11.1. The maximum absolute atomic E-state index is 12.7. The molecule has 2 nitrogen and oxygen atoms in total. The van der Waals surface area contributed by atoms with Gasteiger partial charge in [-0.05, 0) is 24.1 Å². The molecule has 0 N–H and O–H groups in total. The summed E-state index contributed by atoms with van der Waals surface area (Å²) in [6, 6.07) is 3.26. The van der Waals surface area contributed by atoms with Crippen molar-refractivity contribution in [3.63, 3.8) is 0 Å². The Hall–Kier alpha value is -1.45. The van der Waals surface area contributed by atoms with Gasteiger partial charge in [0.25, 0.3) is 0 Å². The van der Waals surface area contributed by atoms with E-state index in [1.165, 1.54) is 12.1 Å². The van der Waals surface area contributed by atoms with Crippen LogP contribution in [0.25, 0.3) is 0 Å². The Labute approximate surface area is 87.6 Å². The molecule has 0 unspecified atom stereocenters. The average molecular weight is 213 g/mol. The summed E-state index contributed by atoms with van der Waals surface area (Å²) < 4.78 is 25.4. The number of nitrogens with zero attached hydrogens (tertiary/aromatic N) is 1. The highest BCUT2D eigenvalue weighted by Gasteiger charge is 2.00. The zero-order valence-electron chi connectivity index (χ0n) is 8.54. The molecule has 0 aliphatic rings. The zero-order valence-corrected chi connectivity index (χ0v) is 8.54. The summed E-state index contributed by atoms with van der Waals surface area (Å²) in [5.41, 5.74) is 0.432. The molecule has 0 aromatic heterocycles. The lowest BCUT2D eigenvalue weighted by Gasteiger charge is -2.00. The molecule has 0 heterocycles. The van der Waals surface area contributed by atoms with E-state index < -0.39 is 11.6 Å². The average Bonchev–Trinajstić information content (AvgIpc) is 2.16. The van der Waals surface area contributed by atoms with Crippen LogP contribution in [-0.2, 0) is 11.4 Å². The van der Waals surface area contributed by atoms with E-state index in [9.17, 15) is 8.78 Å². The predicted molar refractivity (Wildman–Crippen MR) is 54.5 cm³/mol. The summed E-state index contributed by atoms with van der Waals surface area (Å²) in [7, 11) is 0. The second kappa shape index (κ2) is 6.11. The highest BCUT2D eigenvalue weighted by atomic mass is 19.1. The van der Waals surface area contributed by atoms with Gasteiger partial charge in [0.15, 0.2) is 0 Å². The quantitative estimate of drug-likeness (QED) is 0.543. The molecule has 0 aliphatic heterocycles. The predicted octanol–water partition coefficient (Wildman–Crippen LogP) is 3.27. The summed E-state index contributed by atoms with van der Waals surface area (Å²) in [4.78, 5) is 4.87. The maximum atomic E-state index is 12.7. The van der Waals surface area contributed by atoms with Gasteiger partial charge in [-0.15, -0.1) is 0 Å². The molecular formula is C11H13F2NO. The molecule has 0 saturated carbocycles. The number of benzene rings is 1. The summed E-state index contributed by atoms with van der Waals surface area (Å²) >= 11 is 0. The van der Waals surface area contributed by atoms with Crippen molar-refractivity contribution in [3.8, 4) is 0 Å². The third-order valence-corrected chi connectivity index (χ3v) is 1.72. The van der Waals surface area contributed by atoms with Gasteiger partial charge in [0.05, 0.1) is 0 Å². The van der Waals surface area contributed by atoms with Crippen molar-refractivity contribution in [1.29, 1.82) is 0 Å². The van der Waals surface area contributed by atoms with Gasteiger partial charge in [0.1, 0.15) is 18.2 Å². The minimum atomic E-state index is -0.605.